The van der Waals surface area contributed by atoms with Crippen LogP contribution in [0.2, 0.25) is 0 Å². The van der Waals surface area contributed by atoms with Crippen molar-refractivity contribution in [2.45, 2.75) is 155 Å². The second kappa shape index (κ2) is 36.6. The van der Waals surface area contributed by atoms with Crippen LogP contribution in [0, 0.1) is 6.92 Å². The quantitative estimate of drug-likeness (QED) is 0.0736. The summed E-state index contributed by atoms with van der Waals surface area (Å²) >= 11 is 0. The number of nitrogens with zero attached hydrogens (tertiary/aromatic N) is 19. The van der Waals surface area contributed by atoms with Gasteiger partial charge >= 0.3 is 46.0 Å². The van der Waals surface area contributed by atoms with Gasteiger partial charge in [0.05, 0.1) is 75.8 Å². The number of H-pyrrole nitrogens is 3. The van der Waals surface area contributed by atoms with Crippen LogP contribution >= 0.6 is 46.0 Å². The summed E-state index contributed by atoms with van der Waals surface area (Å²) in [6, 6.07) is 2.98. The van der Waals surface area contributed by atoms with Crippen LogP contribution in [0.15, 0.2) is 83.2 Å². The Hall–Kier alpha value is -10.0. The largest absolute Gasteiger partial charge is 0.472 e. The molecule has 0 spiro atoms. The van der Waals surface area contributed by atoms with Crippen LogP contribution in [-0.4, -0.2) is 319 Å². The summed E-state index contributed by atoms with van der Waals surface area (Å²) in [5.74, 6) is -0.257. The summed E-state index contributed by atoms with van der Waals surface area (Å²) in [5, 5.41) is 44.6. The van der Waals surface area contributed by atoms with Crippen molar-refractivity contribution in [3.8, 4) is 0 Å². The molecule has 9 aliphatic rings. The molecule has 9 saturated heterocycles. The number of fused-ring (bicyclic) bond motifs is 12. The van der Waals surface area contributed by atoms with Gasteiger partial charge in [-0.15, -0.1) is 0 Å². The molecule has 21 heterocycles. The average Bonchev–Trinajstić information content (AvgIpc) is 1.63. The topological polar surface area (TPSA) is 897 Å². The highest BCUT2D eigenvalue weighted by Crippen LogP contribution is 2.58. The van der Waals surface area contributed by atoms with Gasteiger partial charge < -0.3 is 131 Å². The number of aromatic nitrogens is 22. The summed E-state index contributed by atoms with van der Waals surface area (Å²) in [5.41, 5.74) is 28.1. The number of anilines is 5. The van der Waals surface area contributed by atoms with E-state index in [1.165, 1.54) is 75.0 Å². The molecule has 738 valence electrons. The Kier molecular flexibility index (Phi) is 25.6. The normalized spacial score (nSPS) is 37.5. The van der Waals surface area contributed by atoms with E-state index in [2.05, 4.69) is 79.7 Å². The fraction of sp³-hybridized carbons (Fsp3) is 0.508. The van der Waals surface area contributed by atoms with Gasteiger partial charge in [-0.25, -0.2) is 72.7 Å². The van der Waals surface area contributed by atoms with Crippen molar-refractivity contribution < 1.29 is 170 Å². The van der Waals surface area contributed by atoms with E-state index < -0.39 is 262 Å². The molecule has 64 nitrogen and oxygen atoms in total. The van der Waals surface area contributed by atoms with E-state index in [1.807, 2.05) is 0 Å². The molecule has 12 aromatic rings. The van der Waals surface area contributed by atoms with E-state index >= 15 is 8.78 Å². The van der Waals surface area contributed by atoms with Crippen LogP contribution in [-0.2, 0) is 111 Å². The average molecular weight is 2050 g/mol. The highest BCUT2D eigenvalue weighted by atomic mass is 31.2. The second-order valence-corrected chi connectivity index (χ2v) is 41.3. The first-order valence-electron chi connectivity index (χ1n) is 40.0. The first kappa shape index (κ1) is 95.9. The zero-order valence-electron chi connectivity index (χ0n) is 69.2. The molecular weight excluding hydrogens is 1970 g/mol. The first-order chi connectivity index (χ1) is 64.9. The van der Waals surface area contributed by atoms with Crippen LogP contribution in [0.1, 0.15) is 43.2 Å². The number of aliphatic hydroxyl groups excluding tert-OH is 4. The molecule has 9 fully saturated rings. The summed E-state index contributed by atoms with van der Waals surface area (Å²) in [7, 11) is -29.2. The fourth-order valence-electron chi connectivity index (χ4n) is 16.3. The van der Waals surface area contributed by atoms with Crippen LogP contribution in [0.4, 0.5) is 37.9 Å². The maximum Gasteiger partial charge on any atom is 0.472 e. The molecule has 12 unspecified atom stereocenters. The van der Waals surface area contributed by atoms with Gasteiger partial charge in [-0.2, -0.15) is 9.97 Å². The van der Waals surface area contributed by atoms with Gasteiger partial charge in [-0.3, -0.25) is 106 Å². The number of imidazole rings is 6. The van der Waals surface area contributed by atoms with Crippen molar-refractivity contribution in [2.75, 3.05) is 80.5 Å². The van der Waals surface area contributed by atoms with Gasteiger partial charge in [-0.1, -0.05) is 0 Å². The Labute approximate surface area is 756 Å². The van der Waals surface area contributed by atoms with Gasteiger partial charge in [0.1, 0.15) is 127 Å². The summed E-state index contributed by atoms with van der Waals surface area (Å²) in [4.78, 5) is 160. The van der Waals surface area contributed by atoms with Crippen molar-refractivity contribution >= 4 is 142 Å². The number of rotatable bonds is 6. The molecule has 12 aromatic heterocycles. The number of halogens is 2. The number of hydrogen-bond acceptors (Lipinski definition) is 49. The Morgan fingerprint density at radius 1 is 0.372 bits per heavy atom. The molecule has 0 aliphatic carbocycles. The van der Waals surface area contributed by atoms with Gasteiger partial charge in [-0.05, 0) is 19.1 Å². The number of ether oxygens (including phenoxy) is 10. The lowest BCUT2D eigenvalue weighted by Crippen LogP contribution is -2.38. The molecule has 0 radical (unpaired) electrons. The zero-order valence-corrected chi connectivity index (χ0v) is 74.5. The molecule has 0 bridgehead atoms. The number of phosphoric ester groups is 2. The van der Waals surface area contributed by atoms with Gasteiger partial charge in [0.25, 0.3) is 16.7 Å². The number of phosphoric acid groups is 2. The van der Waals surface area contributed by atoms with Gasteiger partial charge in [0.2, 0.25) is 11.9 Å². The second-order valence-electron chi connectivity index (χ2n) is 31.5. The van der Waals surface area contributed by atoms with Crippen molar-refractivity contribution in [3.05, 3.63) is 106 Å². The van der Waals surface area contributed by atoms with Crippen LogP contribution in [0.25, 0.3) is 67.0 Å². The van der Waals surface area contributed by atoms with E-state index in [9.17, 15) is 91.6 Å². The number of pyridine rings is 2. The Bertz CT molecular complexity index is 7020. The minimum atomic E-state index is -5.10. The number of aryl methyl sites for hydroxylation is 1. The molecule has 0 saturated carbocycles. The highest BCUT2D eigenvalue weighted by Gasteiger charge is 2.59. The van der Waals surface area contributed by atoms with E-state index in [4.69, 9.17) is 112 Å². The lowest BCUT2D eigenvalue weighted by molar-refractivity contribution is -0.178. The molecule has 72 heteroatoms. The molecule has 0 aromatic carbocycles. The van der Waals surface area contributed by atoms with Gasteiger partial charge in [0, 0.05) is 12.4 Å². The minimum Gasteiger partial charge on any atom is -0.397 e. The predicted octanol–water partition coefficient (Wildman–Crippen LogP) is -3.05. The summed E-state index contributed by atoms with van der Waals surface area (Å²) in [6.45, 7) is -1.31. The highest BCUT2D eigenvalue weighted by molar-refractivity contribution is 7.53. The molecule has 9 aliphatic heterocycles. The Morgan fingerprint density at radius 3 is 1.12 bits per heavy atom. The van der Waals surface area contributed by atoms with E-state index in [0.29, 0.717) is 0 Å². The smallest absolute Gasteiger partial charge is 0.397 e. The first-order valence-corrected chi connectivity index (χ1v) is 50.1. The van der Waals surface area contributed by atoms with Crippen molar-refractivity contribution in [3.63, 3.8) is 0 Å². The number of hydrogen-bond donors (Lipinski definition) is 18. The van der Waals surface area contributed by atoms with Gasteiger partial charge in [0.15, 0.2) is 131 Å². The van der Waals surface area contributed by atoms with Crippen molar-refractivity contribution in [1.82, 2.24) is 107 Å². The molecule has 30 atom stereocenters. The van der Waals surface area contributed by atoms with Crippen molar-refractivity contribution in [1.29, 1.82) is 0 Å². The third-order valence-corrected chi connectivity index (χ3v) is 28.5. The third kappa shape index (κ3) is 18.7. The van der Waals surface area contributed by atoms with Crippen LogP contribution < -0.4 is 45.3 Å². The zero-order chi connectivity index (χ0) is 96.9. The molecule has 23 N–H and O–H groups in total. The molecule has 0 amide bonds. The van der Waals surface area contributed by atoms with Crippen molar-refractivity contribution in [2.24, 2.45) is 0 Å². The number of alkyl halides is 2. The minimum absolute atomic E-state index is 0.00373. The summed E-state index contributed by atoms with van der Waals surface area (Å²) < 4.78 is 216. The van der Waals surface area contributed by atoms with Crippen LogP contribution in [0.3, 0.4) is 0 Å². The fourth-order valence-corrected chi connectivity index (χ4v) is 22.3. The molecule has 21 rings (SSSR count). The summed E-state index contributed by atoms with van der Waals surface area (Å²) in [6.07, 6.45) is -32.6. The number of aliphatic hydroxyl groups is 4. The monoisotopic (exact) mass is 2050 g/mol. The van der Waals surface area contributed by atoms with E-state index in [-0.39, 0.29) is 102 Å². The Morgan fingerprint density at radius 2 is 0.701 bits per heavy atom. The lowest BCUT2D eigenvalue weighted by atomic mass is 10.1. The predicted molar refractivity (Wildman–Crippen MR) is 443 cm³/mol. The number of nitrogen functional groups attached to an aromatic ring is 5. The third-order valence-electron chi connectivity index (χ3n) is 22.3. The standard InChI is InChI=1S/C22H26FN9O12P2.C22H26FN9O11P2.C21H25N9O14P2/c23-11-15-10(41-20(11)31-5-27-12-8(24)1-2-26-17(12)31)4-40-46(37,38)44-16-9(3-39-7-45(35,36)43-15)42-21(14(16)33)32-6-28-13-18(32)29-22(25)30-19(13)34;23-12-16-11(40-21(12)31-6-29-13-9(24)1-2-26-19(13)31)4-39-45(36,37)43-17-10(3-38-8-44(34,35)42-16)41-22(15(17)33)32-7-30-14-18(25)27-5-28-20(14)32;1-6-25-13-7(15(33)26-6)23-2-29(13)17-9(31)11-19(41-17)39-4-46(37,38)44-12-10(32)18(42-20(12)40-5-45(35,36)43-11)30-3-24-8-14(30)27-21(22)28-16(8)34/h1-2,5-6,9-11,14-16,20-21,33H,3-4,7H2,(H2,24,26)(H,35,36)(H,37,38)(H3,25,29,30,34);1-2,5-7,10-12,15-17,21-22,33H,3-4,8H2,(H2,24,26)(H,34,35)(H,36,37)(H2,25,27,28);2-3,9-12,17-20,31-32H,4-5H2,1H3,(H,35,36)(H,37,38)(H,25,26,33)(H3,22,27,28,34)/t9-,10-,11?,14?,15+,16+,20-,21-;10-,11-,12?,15?,16+,17+,21-,22-;9?,10?,11-,12-,17-,18-,19+,20+/m111/s1. The Balaban J connectivity index is 0.000000132. The van der Waals surface area contributed by atoms with E-state index in [1.54, 1.807) is 0 Å². The SMILES string of the molecule is Cc1nc2c(ncn2[C@@H]2O[C@@H]3OCP(=O)(O)O[C@@H]4C(O)[C@H](n5cnc6c(=O)[nH]c(N)nc65)O[C@@H]4OCP(=O)(O)O[C@@H]3C2O)c(=O)[nH]1.Nc1nc2c(ncn2[C@@H]2O[C@@H]3COCP(=O)(O)O[C@@H]4C(F)[C@H](n5cnc6c(N)ccnc65)O[C@@H]4COP(=O)(O)O[C@@H]3C2O)c(=O)[nH]1.Nc1ncnc2c1ncn2[C@@H]1O[C@@H]2COCP(=O)(O)O[C@@H]3C(F)[C@H](n4cnc5c(N)ccnc54)O[C@@H]3COP(=O)(O)O[C@@H]2C1O. The number of nitrogens with one attached hydrogen (secondary N) is 3. The maximum absolute atomic E-state index is 15.9. The van der Waals surface area contributed by atoms with E-state index in [0.717, 1.165) is 28.1 Å². The van der Waals surface area contributed by atoms with Crippen LogP contribution in [0.5, 0.6) is 0 Å². The number of nitrogens with two attached hydrogens (primary N) is 5. The lowest BCUT2D eigenvalue weighted by Gasteiger charge is -2.28. The molecular formula is C65H77F2N27O37P6. The maximum atomic E-state index is 15.9. The number of aromatic amines is 3. The molecule has 137 heavy (non-hydrogen) atoms.